The summed E-state index contributed by atoms with van der Waals surface area (Å²) in [7, 11) is 32.3. The van der Waals surface area contributed by atoms with Crippen molar-refractivity contribution in [3.05, 3.63) is 127 Å². The Kier molecular flexibility index (Phi) is 6.48. The lowest BCUT2D eigenvalue weighted by Crippen LogP contribution is -2.56. The Morgan fingerprint density at radius 3 is 1.65 bits per heavy atom. The summed E-state index contributed by atoms with van der Waals surface area (Å²) in [6, 6.07) is 43.9. The first kappa shape index (κ1) is 29.9. The van der Waals surface area contributed by atoms with Gasteiger partial charge in [-0.3, -0.25) is 4.57 Å². The minimum absolute atomic E-state index is 0.174. The summed E-state index contributed by atoms with van der Waals surface area (Å²) < 4.78 is 4.19. The molecule has 0 atom stereocenters. The first-order chi connectivity index (χ1) is 24.9. The van der Waals surface area contributed by atoms with Gasteiger partial charge >= 0.3 is 0 Å². The molecule has 0 unspecified atom stereocenters. The molecular formula is C42H21B5N4. The van der Waals surface area contributed by atoms with Crippen LogP contribution in [0.2, 0.25) is 0 Å². The second kappa shape index (κ2) is 11.0. The Morgan fingerprint density at radius 1 is 0.392 bits per heavy atom. The molecule has 0 aliphatic carbocycles. The van der Waals surface area contributed by atoms with Crippen molar-refractivity contribution in [2.24, 2.45) is 0 Å². The van der Waals surface area contributed by atoms with E-state index in [-0.39, 0.29) is 27.3 Å². The topological polar surface area (TPSA) is 35.6 Å². The van der Waals surface area contributed by atoms with Crippen LogP contribution in [0, 0.1) is 0 Å². The van der Waals surface area contributed by atoms with Crippen molar-refractivity contribution in [1.29, 1.82) is 0 Å². The molecule has 0 saturated carbocycles. The maximum atomic E-state index is 6.66. The summed E-state index contributed by atoms with van der Waals surface area (Å²) in [6.45, 7) is 0. The number of rotatable bonds is 3. The average molecular weight is 636 g/mol. The molecule has 9 heteroatoms. The van der Waals surface area contributed by atoms with Crippen LogP contribution in [0.5, 0.6) is 0 Å². The maximum Gasteiger partial charge on any atom is 0.235 e. The average Bonchev–Trinajstić information content (AvgIpc) is 3.67. The third kappa shape index (κ3) is 4.27. The summed E-state index contributed by atoms with van der Waals surface area (Å²) in [5, 5.41) is 7.57. The van der Waals surface area contributed by atoms with Gasteiger partial charge in [0.2, 0.25) is 5.95 Å². The Balaban J connectivity index is 1.29. The summed E-state index contributed by atoms with van der Waals surface area (Å²) in [5.41, 5.74) is 7.94. The molecular weight excluding hydrogens is 615 g/mol. The largest absolute Gasteiger partial charge is 0.310 e. The monoisotopic (exact) mass is 636 g/mol. The van der Waals surface area contributed by atoms with Crippen LogP contribution < -0.4 is 27.3 Å². The highest BCUT2D eigenvalue weighted by molar-refractivity contribution is 6.68. The predicted octanol–water partition coefficient (Wildman–Crippen LogP) is 4.61. The van der Waals surface area contributed by atoms with Gasteiger partial charge in [-0.1, -0.05) is 102 Å². The Hall–Kier alpha value is -5.94. The lowest BCUT2D eigenvalue weighted by atomic mass is 9.61. The lowest BCUT2D eigenvalue weighted by molar-refractivity contribution is 1.01. The zero-order valence-electron chi connectivity index (χ0n) is 27.3. The van der Waals surface area contributed by atoms with Crippen LogP contribution in [-0.2, 0) is 0 Å². The summed E-state index contributed by atoms with van der Waals surface area (Å²) in [6.07, 6.45) is 0. The van der Waals surface area contributed by atoms with Gasteiger partial charge in [0, 0.05) is 38.2 Å². The van der Waals surface area contributed by atoms with Gasteiger partial charge in [0.05, 0.1) is 33.3 Å². The van der Waals surface area contributed by atoms with Crippen molar-refractivity contribution in [3.8, 4) is 22.9 Å². The van der Waals surface area contributed by atoms with Crippen LogP contribution in [0.15, 0.2) is 127 Å². The zero-order chi connectivity index (χ0) is 34.5. The van der Waals surface area contributed by atoms with Crippen molar-refractivity contribution in [1.82, 2.24) is 19.1 Å². The zero-order valence-corrected chi connectivity index (χ0v) is 27.3. The van der Waals surface area contributed by atoms with Crippen LogP contribution in [0.3, 0.4) is 0 Å². The van der Waals surface area contributed by atoms with E-state index in [1.807, 2.05) is 41.0 Å². The summed E-state index contributed by atoms with van der Waals surface area (Å²) in [4.78, 5) is 10.5. The van der Waals surface area contributed by atoms with Crippen LogP contribution in [0.1, 0.15) is 0 Å². The first-order valence-corrected chi connectivity index (χ1v) is 16.6. The second-order valence-electron chi connectivity index (χ2n) is 13.0. The normalized spacial score (nSPS) is 11.9. The van der Waals surface area contributed by atoms with Crippen LogP contribution in [-0.4, -0.2) is 58.3 Å². The number of hydrogen-bond donors (Lipinski definition) is 0. The van der Waals surface area contributed by atoms with Crippen molar-refractivity contribution in [3.63, 3.8) is 0 Å². The van der Waals surface area contributed by atoms with Crippen LogP contribution >= 0.6 is 0 Å². The van der Waals surface area contributed by atoms with Crippen molar-refractivity contribution >= 4 is 132 Å². The molecule has 0 N–H and O–H groups in total. The molecule has 0 bridgehead atoms. The molecule has 0 aliphatic rings. The van der Waals surface area contributed by atoms with E-state index in [1.165, 1.54) is 5.39 Å². The van der Waals surface area contributed by atoms with Gasteiger partial charge in [-0.2, -0.15) is 0 Å². The highest BCUT2D eigenvalue weighted by Gasteiger charge is 2.21. The Morgan fingerprint density at radius 2 is 0.922 bits per heavy atom. The quantitative estimate of drug-likeness (QED) is 0.266. The Bertz CT molecular complexity index is 3080. The van der Waals surface area contributed by atoms with Gasteiger partial charge in [-0.05, 0) is 47.2 Å². The molecule has 0 saturated heterocycles. The molecule has 3 heterocycles. The van der Waals surface area contributed by atoms with E-state index in [0.29, 0.717) is 11.6 Å². The minimum Gasteiger partial charge on any atom is -0.310 e. The molecule has 4 nitrogen and oxygen atoms in total. The number of para-hydroxylation sites is 3. The van der Waals surface area contributed by atoms with Gasteiger partial charge in [0.25, 0.3) is 0 Å². The van der Waals surface area contributed by atoms with Crippen molar-refractivity contribution in [2.45, 2.75) is 0 Å². The Labute approximate surface area is 300 Å². The van der Waals surface area contributed by atoms with Gasteiger partial charge < -0.3 is 4.57 Å². The van der Waals surface area contributed by atoms with Crippen molar-refractivity contribution in [2.75, 3.05) is 0 Å². The number of fused-ring (bicyclic) bond motifs is 8. The standard InChI is InChI=1S/C42H21B5N4/c43-35-36(44)38(46)41(39(47)37(35)45)50-31-15-7-4-11-25(31)27-18-17-24(21-33(27)50)40-28-13-3-6-14-30(28)48-42(49-40)51-32-16-8-5-12-26(32)29-19-22-9-1-2-10-23(22)20-34(29)51/h1-21H. The molecule has 0 fully saturated rings. The molecule has 0 aliphatic heterocycles. The lowest BCUT2D eigenvalue weighted by Gasteiger charge is -2.23. The van der Waals surface area contributed by atoms with Gasteiger partial charge in [0.15, 0.2) is 0 Å². The third-order valence-electron chi connectivity index (χ3n) is 10.2. The number of nitrogens with zero attached hydrogens (tertiary/aromatic N) is 4. The fourth-order valence-corrected chi connectivity index (χ4v) is 7.69. The molecule has 10 rings (SSSR count). The second-order valence-corrected chi connectivity index (χ2v) is 13.0. The smallest absolute Gasteiger partial charge is 0.235 e. The highest BCUT2D eigenvalue weighted by atomic mass is 15.2. The van der Waals surface area contributed by atoms with Crippen LogP contribution in [0.25, 0.3) is 88.2 Å². The summed E-state index contributed by atoms with van der Waals surface area (Å²) >= 11 is 0. The van der Waals surface area contributed by atoms with Gasteiger partial charge in [0.1, 0.15) is 39.2 Å². The van der Waals surface area contributed by atoms with E-state index in [9.17, 15) is 0 Å². The fraction of sp³-hybridized carbons (Fsp3) is 0. The molecule has 0 spiro atoms. The number of benzene rings is 7. The van der Waals surface area contributed by atoms with E-state index >= 15 is 0 Å². The van der Waals surface area contributed by atoms with E-state index < -0.39 is 0 Å². The first-order valence-electron chi connectivity index (χ1n) is 16.6. The van der Waals surface area contributed by atoms with E-state index in [1.54, 1.807) is 0 Å². The minimum atomic E-state index is 0.174. The molecule has 224 valence electrons. The third-order valence-corrected chi connectivity index (χ3v) is 10.2. The molecule has 51 heavy (non-hydrogen) atoms. The SMILES string of the molecule is [B]c1c([B])c([B])c(-n2c3ccccc3c3ccc(-c4nc(-n5c6ccccc6c6cc7ccccc7cc65)nc5ccccc45)cc32)c([B])c1[B]. The number of aromatic nitrogens is 4. The van der Waals surface area contributed by atoms with E-state index in [0.717, 1.165) is 71.2 Å². The predicted molar refractivity (Wildman–Crippen MR) is 218 cm³/mol. The van der Waals surface area contributed by atoms with Gasteiger partial charge in [-0.15, -0.1) is 16.4 Å². The van der Waals surface area contributed by atoms with E-state index in [4.69, 9.17) is 49.2 Å². The van der Waals surface area contributed by atoms with Crippen LogP contribution in [0.4, 0.5) is 0 Å². The molecule has 10 radical (unpaired) electrons. The molecule has 7 aromatic carbocycles. The number of hydrogen-bond acceptors (Lipinski definition) is 2. The molecule has 10 aromatic rings. The van der Waals surface area contributed by atoms with Gasteiger partial charge in [-0.25, -0.2) is 9.97 Å². The van der Waals surface area contributed by atoms with E-state index in [2.05, 4.69) is 95.6 Å². The summed E-state index contributed by atoms with van der Waals surface area (Å²) in [5.74, 6) is 0.582. The maximum absolute atomic E-state index is 6.66. The highest BCUT2D eigenvalue weighted by Crippen LogP contribution is 2.38. The molecule has 3 aromatic heterocycles. The fourth-order valence-electron chi connectivity index (χ4n) is 7.69. The van der Waals surface area contributed by atoms with Crippen molar-refractivity contribution < 1.29 is 0 Å². The molecule has 0 amide bonds.